The third-order valence-electron chi connectivity index (χ3n) is 3.06. The van der Waals surface area contributed by atoms with Crippen molar-refractivity contribution in [2.45, 2.75) is 20.4 Å². The van der Waals surface area contributed by atoms with Gasteiger partial charge in [0.1, 0.15) is 5.56 Å². The zero-order valence-corrected chi connectivity index (χ0v) is 11.2. The van der Waals surface area contributed by atoms with Gasteiger partial charge < -0.3 is 9.84 Å². The molecule has 0 unspecified atom stereocenters. The Morgan fingerprint density at radius 2 is 1.89 bits per heavy atom. The van der Waals surface area contributed by atoms with Crippen molar-refractivity contribution in [3.63, 3.8) is 0 Å². The van der Waals surface area contributed by atoms with Gasteiger partial charge in [-0.3, -0.25) is 4.79 Å². The van der Waals surface area contributed by atoms with Crippen LogP contribution in [0.1, 0.15) is 27.2 Å². The Morgan fingerprint density at radius 1 is 1.26 bits per heavy atom. The van der Waals surface area contributed by atoms with E-state index in [-0.39, 0.29) is 5.56 Å². The quantitative estimate of drug-likeness (QED) is 0.910. The normalized spacial score (nSPS) is 10.5. The summed E-state index contributed by atoms with van der Waals surface area (Å²) in [6, 6.07) is 7.83. The number of hydrogen-bond acceptors (Lipinski definition) is 3. The molecule has 1 amide bonds. The number of nitrogens with one attached hydrogen (secondary N) is 1. The van der Waals surface area contributed by atoms with Crippen LogP contribution < -0.4 is 10.9 Å². The highest BCUT2D eigenvalue weighted by molar-refractivity contribution is 5.94. The highest BCUT2D eigenvalue weighted by Gasteiger charge is 2.18. The molecule has 0 aliphatic heterocycles. The maximum atomic E-state index is 12.0. The molecule has 0 radical (unpaired) electrons. The van der Waals surface area contributed by atoms with Crippen molar-refractivity contribution in [1.82, 2.24) is 10.1 Å². The Morgan fingerprint density at radius 3 is 2.42 bits per heavy atom. The van der Waals surface area contributed by atoms with E-state index >= 15 is 0 Å². The first kappa shape index (κ1) is 13.1. The van der Waals surface area contributed by atoms with Crippen LogP contribution in [0.3, 0.4) is 0 Å². The lowest BCUT2D eigenvalue weighted by atomic mass is 10.1. The highest BCUT2D eigenvalue weighted by Crippen LogP contribution is 2.05. The lowest BCUT2D eigenvalue weighted by Crippen LogP contribution is -2.27. The number of rotatable bonds is 3. The molecule has 2 rings (SSSR count). The van der Waals surface area contributed by atoms with E-state index in [0.29, 0.717) is 12.2 Å². The fraction of sp³-hybridized carbons (Fsp3) is 0.286. The Labute approximate surface area is 110 Å². The fourth-order valence-electron chi connectivity index (χ4n) is 1.78. The highest BCUT2D eigenvalue weighted by atomic mass is 16.5. The zero-order chi connectivity index (χ0) is 14.0. The summed E-state index contributed by atoms with van der Waals surface area (Å²) in [6.07, 6.45) is 0. The third kappa shape index (κ3) is 2.76. The van der Waals surface area contributed by atoms with E-state index in [1.807, 2.05) is 31.2 Å². The van der Waals surface area contributed by atoms with Crippen molar-refractivity contribution in [2.24, 2.45) is 7.05 Å². The molecule has 0 saturated carbocycles. The number of carbonyl (C=O) groups excluding carboxylic acids is 1. The van der Waals surface area contributed by atoms with Gasteiger partial charge >= 0.3 is 5.63 Å². The van der Waals surface area contributed by atoms with Gasteiger partial charge in [0.05, 0.1) is 5.69 Å². The van der Waals surface area contributed by atoms with Crippen LogP contribution in [0, 0.1) is 13.8 Å². The van der Waals surface area contributed by atoms with Gasteiger partial charge in [-0.05, 0) is 19.4 Å². The van der Waals surface area contributed by atoms with Crippen LogP contribution >= 0.6 is 0 Å². The molecule has 1 N–H and O–H groups in total. The van der Waals surface area contributed by atoms with E-state index in [4.69, 9.17) is 4.52 Å². The van der Waals surface area contributed by atoms with Crippen molar-refractivity contribution in [1.29, 1.82) is 0 Å². The molecule has 1 heterocycles. The SMILES string of the molecule is Cc1ccc(CNC(=O)c2c(C)n(C)oc2=O)cc1. The van der Waals surface area contributed by atoms with Gasteiger partial charge in [0.15, 0.2) is 0 Å². The second kappa shape index (κ2) is 5.14. The van der Waals surface area contributed by atoms with E-state index < -0.39 is 11.5 Å². The van der Waals surface area contributed by atoms with E-state index in [1.165, 1.54) is 4.74 Å². The molecule has 5 nitrogen and oxygen atoms in total. The second-order valence-electron chi connectivity index (χ2n) is 4.50. The van der Waals surface area contributed by atoms with Crippen LogP contribution in [0.2, 0.25) is 0 Å². The largest absolute Gasteiger partial charge is 0.370 e. The molecule has 0 fully saturated rings. The summed E-state index contributed by atoms with van der Waals surface area (Å²) in [5.74, 6) is -0.410. The molecular weight excluding hydrogens is 244 g/mol. The molecule has 19 heavy (non-hydrogen) atoms. The first-order valence-electron chi connectivity index (χ1n) is 5.99. The minimum atomic E-state index is -0.610. The maximum Gasteiger partial charge on any atom is 0.370 e. The first-order valence-corrected chi connectivity index (χ1v) is 5.99. The lowest BCUT2D eigenvalue weighted by molar-refractivity contribution is 0.0948. The van der Waals surface area contributed by atoms with Crippen molar-refractivity contribution < 1.29 is 9.32 Å². The molecule has 0 bridgehead atoms. The van der Waals surface area contributed by atoms with Crippen molar-refractivity contribution >= 4 is 5.91 Å². The molecule has 1 aromatic carbocycles. The van der Waals surface area contributed by atoms with Gasteiger partial charge in [-0.1, -0.05) is 29.8 Å². The minimum Gasteiger partial charge on any atom is -0.348 e. The number of aromatic nitrogens is 1. The van der Waals surface area contributed by atoms with E-state index in [2.05, 4.69) is 5.32 Å². The Kier molecular flexibility index (Phi) is 3.55. The molecule has 0 saturated heterocycles. The first-order chi connectivity index (χ1) is 8.99. The Bertz CT molecular complexity index is 650. The van der Waals surface area contributed by atoms with E-state index in [9.17, 15) is 9.59 Å². The number of carbonyl (C=O) groups is 1. The van der Waals surface area contributed by atoms with Gasteiger partial charge in [0, 0.05) is 13.6 Å². The van der Waals surface area contributed by atoms with Crippen LogP contribution in [-0.4, -0.2) is 10.6 Å². The summed E-state index contributed by atoms with van der Waals surface area (Å²) in [6.45, 7) is 4.06. The minimum absolute atomic E-state index is 0.0645. The van der Waals surface area contributed by atoms with Crippen LogP contribution in [0.4, 0.5) is 0 Å². The zero-order valence-electron chi connectivity index (χ0n) is 11.2. The predicted octanol–water partition coefficient (Wildman–Crippen LogP) is 1.53. The standard InChI is InChI=1S/C14H16N2O3/c1-9-4-6-11(7-5-9)8-15-13(17)12-10(2)16(3)19-14(12)18/h4-7H,8H2,1-3H3,(H,15,17). The summed E-state index contributed by atoms with van der Waals surface area (Å²) < 4.78 is 6.13. The monoisotopic (exact) mass is 260 g/mol. The third-order valence-corrected chi connectivity index (χ3v) is 3.06. The Hall–Kier alpha value is -2.30. The van der Waals surface area contributed by atoms with Crippen LogP contribution in [0.15, 0.2) is 33.6 Å². The summed E-state index contributed by atoms with van der Waals surface area (Å²) in [5, 5.41) is 2.72. The summed E-state index contributed by atoms with van der Waals surface area (Å²) in [5.41, 5.74) is 2.12. The van der Waals surface area contributed by atoms with Gasteiger partial charge in [-0.15, -0.1) is 0 Å². The van der Waals surface area contributed by atoms with Crippen LogP contribution in [0.5, 0.6) is 0 Å². The molecule has 0 aliphatic rings. The van der Waals surface area contributed by atoms with E-state index in [1.54, 1.807) is 14.0 Å². The number of benzene rings is 1. The van der Waals surface area contributed by atoms with Crippen molar-refractivity contribution in [2.75, 3.05) is 0 Å². The molecule has 1 aromatic heterocycles. The molecule has 0 spiro atoms. The number of nitrogens with zero attached hydrogens (tertiary/aromatic N) is 1. The lowest BCUT2D eigenvalue weighted by Gasteiger charge is -2.04. The number of amides is 1. The second-order valence-corrected chi connectivity index (χ2v) is 4.50. The average Bonchev–Trinajstić information content (AvgIpc) is 2.62. The van der Waals surface area contributed by atoms with Gasteiger partial charge in [0.25, 0.3) is 5.91 Å². The molecule has 0 atom stereocenters. The van der Waals surface area contributed by atoms with E-state index in [0.717, 1.165) is 11.1 Å². The number of hydrogen-bond donors (Lipinski definition) is 1. The van der Waals surface area contributed by atoms with Gasteiger partial charge in [0.2, 0.25) is 0 Å². The molecule has 2 aromatic rings. The summed E-state index contributed by atoms with van der Waals surface area (Å²) in [7, 11) is 1.59. The van der Waals surface area contributed by atoms with Crippen molar-refractivity contribution in [3.05, 3.63) is 57.1 Å². The predicted molar refractivity (Wildman–Crippen MR) is 71.0 cm³/mol. The summed E-state index contributed by atoms with van der Waals surface area (Å²) in [4.78, 5) is 23.5. The van der Waals surface area contributed by atoms with Crippen LogP contribution in [-0.2, 0) is 13.6 Å². The van der Waals surface area contributed by atoms with Gasteiger partial charge in [-0.2, -0.15) is 0 Å². The van der Waals surface area contributed by atoms with Gasteiger partial charge in [-0.25, -0.2) is 9.53 Å². The average molecular weight is 260 g/mol. The number of aryl methyl sites for hydroxylation is 2. The fourth-order valence-corrected chi connectivity index (χ4v) is 1.78. The molecule has 100 valence electrons. The van der Waals surface area contributed by atoms with Crippen LogP contribution in [0.25, 0.3) is 0 Å². The van der Waals surface area contributed by atoms with Crippen molar-refractivity contribution in [3.8, 4) is 0 Å². The molecule has 0 aliphatic carbocycles. The maximum absolute atomic E-state index is 12.0. The Balaban J connectivity index is 2.09. The summed E-state index contributed by atoms with van der Waals surface area (Å²) >= 11 is 0. The molecule has 5 heteroatoms. The smallest absolute Gasteiger partial charge is 0.348 e. The molecular formula is C14H16N2O3. The topological polar surface area (TPSA) is 64.2 Å².